The topological polar surface area (TPSA) is 75.3 Å². The summed E-state index contributed by atoms with van der Waals surface area (Å²) in [5, 5.41) is 22.9. The van der Waals surface area contributed by atoms with E-state index in [2.05, 4.69) is 5.10 Å². The van der Waals surface area contributed by atoms with E-state index in [1.54, 1.807) is 16.8 Å². The van der Waals surface area contributed by atoms with E-state index in [9.17, 15) is 15.0 Å². The molecule has 0 atom stereocenters. The van der Waals surface area contributed by atoms with Crippen molar-refractivity contribution in [2.24, 2.45) is 0 Å². The number of phenolic OH excluding ortho intramolecular Hbond substituents is 1. The molecule has 0 saturated heterocycles. The van der Waals surface area contributed by atoms with E-state index >= 15 is 0 Å². The lowest BCUT2D eigenvalue weighted by Gasteiger charge is -2.09. The fraction of sp³-hybridized carbons (Fsp3) is 0. The van der Waals surface area contributed by atoms with Crippen molar-refractivity contribution in [2.75, 3.05) is 0 Å². The van der Waals surface area contributed by atoms with E-state index < -0.39 is 5.97 Å². The molecule has 0 amide bonds. The number of hydrogen-bond acceptors (Lipinski definition) is 3. The largest absolute Gasteiger partial charge is 0.508 e. The maximum atomic E-state index is 11.4. The summed E-state index contributed by atoms with van der Waals surface area (Å²) in [5.74, 6) is -0.885. The number of aromatic carboxylic acids is 1. The molecule has 3 rings (SSSR count). The Balaban J connectivity index is 2.22. The molecule has 2 aromatic carbocycles. The molecule has 104 valence electrons. The van der Waals surface area contributed by atoms with Crippen molar-refractivity contribution < 1.29 is 15.0 Å². The van der Waals surface area contributed by atoms with Crippen LogP contribution in [0.2, 0.25) is 0 Å². The molecule has 0 aliphatic rings. The Hall–Kier alpha value is -3.08. The van der Waals surface area contributed by atoms with Crippen molar-refractivity contribution in [1.29, 1.82) is 0 Å². The highest BCUT2D eigenvalue weighted by molar-refractivity contribution is 5.95. The number of hydrogen-bond donors (Lipinski definition) is 2. The van der Waals surface area contributed by atoms with Crippen LogP contribution in [0, 0.1) is 0 Å². The molecule has 1 aromatic heterocycles. The van der Waals surface area contributed by atoms with Crippen LogP contribution in [-0.2, 0) is 0 Å². The summed E-state index contributed by atoms with van der Waals surface area (Å²) in [7, 11) is 0. The fourth-order valence-corrected chi connectivity index (χ4v) is 2.17. The molecule has 0 aliphatic heterocycles. The number of phenols is 1. The van der Waals surface area contributed by atoms with Gasteiger partial charge in [0, 0.05) is 5.56 Å². The standard InChI is InChI=1S/C16H12N2O3/c19-13-8-6-12(7-9-13)18-15(11-4-2-1-3-5-11)14(10-17-18)16(20)21/h1-10,19H,(H,20,21). The van der Waals surface area contributed by atoms with E-state index in [4.69, 9.17) is 0 Å². The third-order valence-corrected chi connectivity index (χ3v) is 3.14. The van der Waals surface area contributed by atoms with Gasteiger partial charge < -0.3 is 10.2 Å². The molecule has 0 saturated carbocycles. The summed E-state index contributed by atoms with van der Waals surface area (Å²) in [5.41, 5.74) is 2.09. The van der Waals surface area contributed by atoms with Gasteiger partial charge in [0.25, 0.3) is 0 Å². The molecule has 1 heterocycles. The van der Waals surface area contributed by atoms with Gasteiger partial charge in [-0.3, -0.25) is 0 Å². The lowest BCUT2D eigenvalue weighted by molar-refractivity contribution is 0.0697. The molecule has 0 radical (unpaired) electrons. The van der Waals surface area contributed by atoms with Crippen molar-refractivity contribution in [1.82, 2.24) is 9.78 Å². The first-order valence-electron chi connectivity index (χ1n) is 6.33. The van der Waals surface area contributed by atoms with Crippen LogP contribution in [0.4, 0.5) is 0 Å². The predicted octanol–water partition coefficient (Wildman–Crippen LogP) is 2.94. The van der Waals surface area contributed by atoms with Gasteiger partial charge in [-0.05, 0) is 24.3 Å². The van der Waals surface area contributed by atoms with Crippen LogP contribution in [0.5, 0.6) is 5.75 Å². The highest BCUT2D eigenvalue weighted by atomic mass is 16.4. The van der Waals surface area contributed by atoms with Crippen molar-refractivity contribution in [3.05, 3.63) is 66.4 Å². The minimum absolute atomic E-state index is 0.134. The first kappa shape index (κ1) is 12.9. The second-order valence-electron chi connectivity index (χ2n) is 4.51. The van der Waals surface area contributed by atoms with Crippen molar-refractivity contribution >= 4 is 5.97 Å². The molecule has 5 heteroatoms. The summed E-state index contributed by atoms with van der Waals surface area (Å²) in [6, 6.07) is 15.6. The molecule has 0 aliphatic carbocycles. The number of benzene rings is 2. The number of aromatic nitrogens is 2. The van der Waals surface area contributed by atoms with Crippen molar-refractivity contribution in [2.45, 2.75) is 0 Å². The molecule has 21 heavy (non-hydrogen) atoms. The van der Waals surface area contributed by atoms with E-state index in [1.807, 2.05) is 30.3 Å². The van der Waals surface area contributed by atoms with Crippen LogP contribution in [-0.4, -0.2) is 26.0 Å². The van der Waals surface area contributed by atoms with E-state index in [1.165, 1.54) is 18.3 Å². The normalized spacial score (nSPS) is 10.5. The van der Waals surface area contributed by atoms with Crippen LogP contribution in [0.25, 0.3) is 16.9 Å². The predicted molar refractivity (Wildman–Crippen MR) is 77.6 cm³/mol. The Kier molecular flexibility index (Phi) is 3.16. The average molecular weight is 280 g/mol. The Bertz CT molecular complexity index is 777. The lowest BCUT2D eigenvalue weighted by Crippen LogP contribution is -2.02. The second kappa shape index (κ2) is 5.13. The first-order chi connectivity index (χ1) is 10.2. The third kappa shape index (κ3) is 2.36. The molecular formula is C16H12N2O3. The van der Waals surface area contributed by atoms with Crippen LogP contribution in [0.1, 0.15) is 10.4 Å². The van der Waals surface area contributed by atoms with Crippen molar-refractivity contribution in [3.8, 4) is 22.7 Å². The summed E-state index contributed by atoms with van der Waals surface area (Å²) >= 11 is 0. The van der Waals surface area contributed by atoms with Crippen molar-refractivity contribution in [3.63, 3.8) is 0 Å². The number of carboxylic acid groups (broad SMARTS) is 1. The first-order valence-corrected chi connectivity index (χ1v) is 6.33. The van der Waals surface area contributed by atoms with Gasteiger partial charge >= 0.3 is 5.97 Å². The minimum Gasteiger partial charge on any atom is -0.508 e. The molecule has 0 fully saturated rings. The van der Waals surface area contributed by atoms with Gasteiger partial charge in [-0.1, -0.05) is 30.3 Å². The van der Waals surface area contributed by atoms with E-state index in [0.29, 0.717) is 11.4 Å². The van der Waals surface area contributed by atoms with Crippen LogP contribution >= 0.6 is 0 Å². The van der Waals surface area contributed by atoms with E-state index in [0.717, 1.165) is 5.56 Å². The molecule has 0 bridgehead atoms. The molecule has 5 nitrogen and oxygen atoms in total. The molecule has 2 N–H and O–H groups in total. The zero-order valence-electron chi connectivity index (χ0n) is 11.0. The quantitative estimate of drug-likeness (QED) is 0.773. The summed E-state index contributed by atoms with van der Waals surface area (Å²) in [6.07, 6.45) is 1.33. The Morgan fingerprint density at radius 1 is 1.00 bits per heavy atom. The van der Waals surface area contributed by atoms with Gasteiger partial charge in [-0.25, -0.2) is 9.48 Å². The fourth-order valence-electron chi connectivity index (χ4n) is 2.17. The van der Waals surface area contributed by atoms with Gasteiger partial charge in [0.2, 0.25) is 0 Å². The summed E-state index contributed by atoms with van der Waals surface area (Å²) in [4.78, 5) is 11.4. The third-order valence-electron chi connectivity index (χ3n) is 3.14. The number of rotatable bonds is 3. The Labute approximate surface area is 120 Å². The number of carboxylic acids is 1. The molecule has 3 aromatic rings. The molecule has 0 spiro atoms. The number of aromatic hydroxyl groups is 1. The maximum absolute atomic E-state index is 11.4. The maximum Gasteiger partial charge on any atom is 0.339 e. The number of nitrogens with zero attached hydrogens (tertiary/aromatic N) is 2. The second-order valence-corrected chi connectivity index (χ2v) is 4.51. The molecular weight excluding hydrogens is 268 g/mol. The number of carbonyl (C=O) groups is 1. The average Bonchev–Trinajstić information content (AvgIpc) is 2.94. The van der Waals surface area contributed by atoms with E-state index in [-0.39, 0.29) is 11.3 Å². The summed E-state index contributed by atoms with van der Waals surface area (Å²) in [6.45, 7) is 0. The Morgan fingerprint density at radius 2 is 1.67 bits per heavy atom. The lowest BCUT2D eigenvalue weighted by atomic mass is 10.1. The molecule has 0 unspecified atom stereocenters. The highest BCUT2D eigenvalue weighted by Gasteiger charge is 2.19. The monoisotopic (exact) mass is 280 g/mol. The Morgan fingerprint density at radius 3 is 2.29 bits per heavy atom. The highest BCUT2D eigenvalue weighted by Crippen LogP contribution is 2.27. The van der Waals surface area contributed by atoms with Gasteiger partial charge in [0.1, 0.15) is 11.3 Å². The minimum atomic E-state index is -1.03. The zero-order valence-corrected chi connectivity index (χ0v) is 11.0. The van der Waals surface area contributed by atoms with Gasteiger partial charge in [0.15, 0.2) is 0 Å². The van der Waals surface area contributed by atoms with Gasteiger partial charge in [0.05, 0.1) is 17.6 Å². The van der Waals surface area contributed by atoms with Crippen LogP contribution in [0.15, 0.2) is 60.8 Å². The zero-order chi connectivity index (χ0) is 14.8. The van der Waals surface area contributed by atoms with Gasteiger partial charge in [-0.2, -0.15) is 5.10 Å². The smallest absolute Gasteiger partial charge is 0.339 e. The van der Waals surface area contributed by atoms with Gasteiger partial charge in [-0.15, -0.1) is 0 Å². The SMILES string of the molecule is O=C(O)c1cnn(-c2ccc(O)cc2)c1-c1ccccc1. The summed E-state index contributed by atoms with van der Waals surface area (Å²) < 4.78 is 1.55. The van der Waals surface area contributed by atoms with Crippen LogP contribution in [0.3, 0.4) is 0 Å². The van der Waals surface area contributed by atoms with Crippen LogP contribution < -0.4 is 0 Å².